The second kappa shape index (κ2) is 8.82. The van der Waals surface area contributed by atoms with Gasteiger partial charge in [0.15, 0.2) is 0 Å². The number of aliphatic hydroxyl groups excluding tert-OH is 3. The van der Waals surface area contributed by atoms with Crippen LogP contribution in [0.25, 0.3) is 0 Å². The first-order valence-corrected chi connectivity index (χ1v) is 8.61. The van der Waals surface area contributed by atoms with Crippen LogP contribution in [-0.4, -0.2) is 58.3 Å². The van der Waals surface area contributed by atoms with E-state index in [0.29, 0.717) is 19.3 Å². The number of unbranched alkanes of at least 4 members (excludes halogenated alkanes) is 1. The zero-order valence-electron chi connectivity index (χ0n) is 14.9. The van der Waals surface area contributed by atoms with Crippen molar-refractivity contribution in [3.63, 3.8) is 0 Å². The number of aliphatic hydroxyl groups is 3. The van der Waals surface area contributed by atoms with Crippen molar-refractivity contribution >= 4 is 5.91 Å². The molecule has 4 N–H and O–H groups in total. The highest BCUT2D eigenvalue weighted by atomic mass is 16.5. The molecule has 0 aromatic heterocycles. The third-order valence-electron chi connectivity index (χ3n) is 5.39. The summed E-state index contributed by atoms with van der Waals surface area (Å²) in [5, 5.41) is 32.1. The van der Waals surface area contributed by atoms with Crippen molar-refractivity contribution in [1.82, 2.24) is 5.32 Å². The second-order valence-electron chi connectivity index (χ2n) is 6.71. The number of nitrogens with one attached hydrogen (secondary N) is 1. The smallest absolute Gasteiger partial charge is 0.226 e. The van der Waals surface area contributed by atoms with Gasteiger partial charge in [-0.2, -0.15) is 0 Å². The molecule has 6 nitrogen and oxygen atoms in total. The van der Waals surface area contributed by atoms with Crippen LogP contribution in [0.3, 0.4) is 0 Å². The van der Waals surface area contributed by atoms with Crippen molar-refractivity contribution in [3.8, 4) is 12.3 Å². The molecule has 2 aliphatic rings. The predicted molar refractivity (Wildman–Crippen MR) is 91.0 cm³/mol. The zero-order valence-corrected chi connectivity index (χ0v) is 14.9. The molecule has 6 heteroatoms. The van der Waals surface area contributed by atoms with E-state index in [1.807, 2.05) is 13.8 Å². The van der Waals surface area contributed by atoms with Gasteiger partial charge in [-0.1, -0.05) is 13.3 Å². The fourth-order valence-electron chi connectivity index (χ4n) is 3.88. The molecule has 0 spiro atoms. The van der Waals surface area contributed by atoms with Crippen molar-refractivity contribution in [3.05, 3.63) is 0 Å². The number of terminal acetylenes is 1. The lowest BCUT2D eigenvalue weighted by Gasteiger charge is -2.57. The van der Waals surface area contributed by atoms with Gasteiger partial charge in [-0.25, -0.2) is 0 Å². The number of amides is 1. The molecule has 2 rings (SSSR count). The summed E-state index contributed by atoms with van der Waals surface area (Å²) in [6, 6.07) is 0. The highest BCUT2D eigenvalue weighted by molar-refractivity contribution is 5.85. The van der Waals surface area contributed by atoms with Gasteiger partial charge in [0.2, 0.25) is 5.91 Å². The van der Waals surface area contributed by atoms with E-state index in [-0.39, 0.29) is 37.6 Å². The van der Waals surface area contributed by atoms with E-state index in [1.54, 1.807) is 6.92 Å². The van der Waals surface area contributed by atoms with Gasteiger partial charge in [0.1, 0.15) is 11.1 Å². The van der Waals surface area contributed by atoms with Crippen LogP contribution in [0.1, 0.15) is 46.5 Å². The number of carbonyl (C=O) groups is 1. The molecule has 0 saturated carbocycles. The Hall–Kier alpha value is -1.13. The van der Waals surface area contributed by atoms with E-state index in [9.17, 15) is 15.0 Å². The van der Waals surface area contributed by atoms with E-state index in [0.717, 1.165) is 6.42 Å². The second-order valence-corrected chi connectivity index (χ2v) is 6.71. The number of ether oxygens (including phenoxy) is 1. The van der Waals surface area contributed by atoms with Crippen LogP contribution in [-0.2, 0) is 9.53 Å². The summed E-state index contributed by atoms with van der Waals surface area (Å²) < 4.78 is 5.70. The zero-order chi connectivity index (χ0) is 18.4. The first-order chi connectivity index (χ1) is 11.4. The molecule has 5 atom stereocenters. The predicted octanol–water partition coefficient (Wildman–Crippen LogP) is 0.442. The molecule has 0 aromatic carbocycles. The van der Waals surface area contributed by atoms with Crippen molar-refractivity contribution in [2.75, 3.05) is 19.8 Å². The number of hydrogen-bond acceptors (Lipinski definition) is 5. The Morgan fingerprint density at radius 1 is 1.46 bits per heavy atom. The molecule has 0 bridgehead atoms. The SMILES string of the molecule is C#CC.CCC1C(=O)NC2(C(O)C(CO)CCCCO)COC12C. The van der Waals surface area contributed by atoms with Gasteiger partial charge in [-0.05, 0) is 33.1 Å². The van der Waals surface area contributed by atoms with Gasteiger partial charge in [-0.15, -0.1) is 12.3 Å². The average molecular weight is 341 g/mol. The van der Waals surface area contributed by atoms with E-state index in [2.05, 4.69) is 17.7 Å². The largest absolute Gasteiger partial charge is 0.396 e. The lowest BCUT2D eigenvalue weighted by molar-refractivity contribution is -0.257. The molecule has 0 aromatic rings. The summed E-state index contributed by atoms with van der Waals surface area (Å²) in [6.07, 6.45) is 6.40. The Kier molecular flexibility index (Phi) is 7.68. The molecule has 138 valence electrons. The standard InChI is InChI=1S/C15H27NO5.C3H4/c1-3-11-13(20)16-15(9-21-14(11,15)2)12(19)10(8-18)6-4-5-7-17;1-3-2/h10-12,17-19H,3-9H2,1-2H3,(H,16,20);1H,2H3. The molecule has 2 heterocycles. The maximum absolute atomic E-state index is 12.2. The Morgan fingerprint density at radius 2 is 2.08 bits per heavy atom. The van der Waals surface area contributed by atoms with Crippen LogP contribution in [0.5, 0.6) is 0 Å². The lowest BCUT2D eigenvalue weighted by atomic mass is 9.65. The maximum atomic E-state index is 12.2. The fourth-order valence-corrected chi connectivity index (χ4v) is 3.88. The average Bonchev–Trinajstić information content (AvgIpc) is 2.70. The Bertz CT molecular complexity index is 463. The molecule has 5 unspecified atom stereocenters. The van der Waals surface area contributed by atoms with Crippen molar-refractivity contribution < 1.29 is 24.9 Å². The van der Waals surface area contributed by atoms with E-state index < -0.39 is 17.2 Å². The van der Waals surface area contributed by atoms with Crippen LogP contribution in [0.2, 0.25) is 0 Å². The molecule has 2 fully saturated rings. The quantitative estimate of drug-likeness (QED) is 0.379. The number of fused-ring (bicyclic) bond motifs is 1. The monoisotopic (exact) mass is 341 g/mol. The molecule has 1 amide bonds. The minimum absolute atomic E-state index is 0.0800. The summed E-state index contributed by atoms with van der Waals surface area (Å²) >= 11 is 0. The van der Waals surface area contributed by atoms with Crippen LogP contribution >= 0.6 is 0 Å². The Morgan fingerprint density at radius 3 is 2.50 bits per heavy atom. The highest BCUT2D eigenvalue weighted by Crippen LogP contribution is 2.51. The molecular weight excluding hydrogens is 310 g/mol. The summed E-state index contributed by atoms with van der Waals surface area (Å²) in [6.45, 7) is 5.70. The van der Waals surface area contributed by atoms with Crippen molar-refractivity contribution in [1.29, 1.82) is 0 Å². The highest BCUT2D eigenvalue weighted by Gasteiger charge is 2.72. The summed E-state index contributed by atoms with van der Waals surface area (Å²) in [5.74, 6) is 1.58. The van der Waals surface area contributed by atoms with Crippen LogP contribution in [0.15, 0.2) is 0 Å². The summed E-state index contributed by atoms with van der Waals surface area (Å²) in [4.78, 5) is 12.2. The maximum Gasteiger partial charge on any atom is 0.226 e. The van der Waals surface area contributed by atoms with Crippen LogP contribution in [0, 0.1) is 24.2 Å². The minimum Gasteiger partial charge on any atom is -0.396 e. The van der Waals surface area contributed by atoms with Gasteiger partial charge in [0.05, 0.1) is 18.6 Å². The van der Waals surface area contributed by atoms with Gasteiger partial charge in [0, 0.05) is 19.1 Å². The van der Waals surface area contributed by atoms with Gasteiger partial charge < -0.3 is 25.4 Å². The molecular formula is C18H31NO5. The molecule has 0 aliphatic carbocycles. The molecule has 2 aliphatic heterocycles. The van der Waals surface area contributed by atoms with Crippen LogP contribution in [0.4, 0.5) is 0 Å². The molecule has 2 saturated heterocycles. The number of carbonyl (C=O) groups excluding carboxylic acids is 1. The minimum atomic E-state index is -0.847. The number of hydrogen-bond donors (Lipinski definition) is 4. The fraction of sp³-hybridized carbons (Fsp3) is 0.833. The van der Waals surface area contributed by atoms with Gasteiger partial charge in [-0.3, -0.25) is 4.79 Å². The van der Waals surface area contributed by atoms with Crippen LogP contribution < -0.4 is 5.32 Å². The third-order valence-corrected chi connectivity index (χ3v) is 5.39. The van der Waals surface area contributed by atoms with Crippen molar-refractivity contribution in [2.45, 2.75) is 63.7 Å². The van der Waals surface area contributed by atoms with Gasteiger partial charge >= 0.3 is 0 Å². The topological polar surface area (TPSA) is 99.0 Å². The molecule has 24 heavy (non-hydrogen) atoms. The summed E-state index contributed by atoms with van der Waals surface area (Å²) in [7, 11) is 0. The third kappa shape index (κ3) is 3.45. The van der Waals surface area contributed by atoms with E-state index in [1.165, 1.54) is 0 Å². The van der Waals surface area contributed by atoms with Gasteiger partial charge in [0.25, 0.3) is 0 Å². The summed E-state index contributed by atoms with van der Waals surface area (Å²) in [5.41, 5.74) is -1.50. The Balaban J connectivity index is 0.000000891. The normalized spacial score (nSPS) is 33.2. The number of rotatable bonds is 8. The van der Waals surface area contributed by atoms with Crippen molar-refractivity contribution in [2.24, 2.45) is 11.8 Å². The van der Waals surface area contributed by atoms with E-state index >= 15 is 0 Å². The Labute approximate surface area is 144 Å². The molecule has 0 radical (unpaired) electrons. The van der Waals surface area contributed by atoms with E-state index in [4.69, 9.17) is 9.84 Å². The first-order valence-electron chi connectivity index (χ1n) is 8.61. The first kappa shape index (κ1) is 20.9. The lowest BCUT2D eigenvalue weighted by Crippen LogP contribution is -2.77.